The lowest BCUT2D eigenvalue weighted by Crippen LogP contribution is -2.43. The Labute approximate surface area is 199 Å². The number of imidazole rings is 1. The number of sulfonamides is 1. The highest BCUT2D eigenvalue weighted by Gasteiger charge is 2.29. The summed E-state index contributed by atoms with van der Waals surface area (Å²) < 4.78 is 42.8. The molecule has 1 aliphatic rings. The third kappa shape index (κ3) is 4.98. The number of aromatic nitrogens is 2. The zero-order valence-electron chi connectivity index (χ0n) is 18.8. The van der Waals surface area contributed by atoms with Crippen molar-refractivity contribution in [1.29, 1.82) is 0 Å². The number of nitrogens with one attached hydrogen (secondary N) is 1. The van der Waals surface area contributed by atoms with Crippen LogP contribution in [0.2, 0.25) is 0 Å². The molecule has 0 amide bonds. The van der Waals surface area contributed by atoms with Crippen molar-refractivity contribution in [1.82, 2.24) is 13.9 Å². The van der Waals surface area contributed by atoms with Gasteiger partial charge in [-0.15, -0.1) is 0 Å². The van der Waals surface area contributed by atoms with Crippen LogP contribution < -0.4 is 5.32 Å². The number of benzene rings is 3. The van der Waals surface area contributed by atoms with E-state index in [1.54, 1.807) is 16.4 Å². The molecule has 0 spiro atoms. The Bertz CT molecular complexity index is 1360. The fourth-order valence-corrected chi connectivity index (χ4v) is 6.02. The molecule has 0 bridgehead atoms. The lowest BCUT2D eigenvalue weighted by Gasteiger charge is -2.32. The molecular formula is C26H27FN4O2S. The molecule has 176 valence electrons. The number of nitrogens with zero attached hydrogens (tertiary/aromatic N) is 3. The fourth-order valence-electron chi connectivity index (χ4n) is 4.46. The quantitative estimate of drug-likeness (QED) is 0.421. The van der Waals surface area contributed by atoms with Gasteiger partial charge >= 0.3 is 0 Å². The van der Waals surface area contributed by atoms with Gasteiger partial charge in [0.1, 0.15) is 5.82 Å². The van der Waals surface area contributed by atoms with Gasteiger partial charge < -0.3 is 9.88 Å². The van der Waals surface area contributed by atoms with Gasteiger partial charge in [-0.25, -0.2) is 22.1 Å². The Morgan fingerprint density at radius 1 is 0.882 bits per heavy atom. The van der Waals surface area contributed by atoms with Crippen LogP contribution in [0.5, 0.6) is 0 Å². The van der Waals surface area contributed by atoms with E-state index in [2.05, 4.69) is 9.88 Å². The number of piperidine rings is 1. The second-order valence-electron chi connectivity index (χ2n) is 8.70. The summed E-state index contributed by atoms with van der Waals surface area (Å²) in [4.78, 5) is 4.79. The first kappa shape index (κ1) is 22.6. The van der Waals surface area contributed by atoms with E-state index >= 15 is 0 Å². The molecule has 34 heavy (non-hydrogen) atoms. The highest BCUT2D eigenvalue weighted by Crippen LogP contribution is 2.25. The van der Waals surface area contributed by atoms with Gasteiger partial charge in [0.2, 0.25) is 16.0 Å². The van der Waals surface area contributed by atoms with Crippen LogP contribution in [0.15, 0.2) is 78.9 Å². The van der Waals surface area contributed by atoms with Crippen LogP contribution in [0.1, 0.15) is 24.0 Å². The highest BCUT2D eigenvalue weighted by atomic mass is 32.2. The minimum absolute atomic E-state index is 0.0272. The molecule has 2 heterocycles. The minimum Gasteiger partial charge on any atom is -0.353 e. The third-order valence-electron chi connectivity index (χ3n) is 6.28. The van der Waals surface area contributed by atoms with Crippen LogP contribution in [0.3, 0.4) is 0 Å². The lowest BCUT2D eigenvalue weighted by atomic mass is 10.1. The Balaban J connectivity index is 1.29. The zero-order valence-corrected chi connectivity index (χ0v) is 19.6. The second kappa shape index (κ2) is 9.56. The molecule has 1 saturated heterocycles. The molecule has 4 aromatic rings. The van der Waals surface area contributed by atoms with Crippen LogP contribution in [0, 0.1) is 5.82 Å². The fraction of sp³-hybridized carbons (Fsp3) is 0.269. The van der Waals surface area contributed by atoms with Crippen molar-refractivity contribution in [2.45, 2.75) is 31.2 Å². The predicted molar refractivity (Wildman–Crippen MR) is 133 cm³/mol. The molecular weight excluding hydrogens is 451 g/mol. The summed E-state index contributed by atoms with van der Waals surface area (Å²) in [7, 11) is -3.35. The van der Waals surface area contributed by atoms with Gasteiger partial charge in [0.15, 0.2) is 0 Å². The molecule has 8 heteroatoms. The van der Waals surface area contributed by atoms with Gasteiger partial charge in [-0.05, 0) is 48.2 Å². The van der Waals surface area contributed by atoms with Crippen LogP contribution >= 0.6 is 0 Å². The van der Waals surface area contributed by atoms with Crippen molar-refractivity contribution in [3.8, 4) is 0 Å². The van der Waals surface area contributed by atoms with Gasteiger partial charge in [-0.3, -0.25) is 0 Å². The number of halogens is 1. The smallest absolute Gasteiger partial charge is 0.218 e. The normalized spacial score (nSPS) is 15.6. The summed E-state index contributed by atoms with van der Waals surface area (Å²) >= 11 is 0. The number of anilines is 1. The van der Waals surface area contributed by atoms with Crippen LogP contribution in [0.4, 0.5) is 10.3 Å². The van der Waals surface area contributed by atoms with E-state index in [1.165, 1.54) is 12.1 Å². The van der Waals surface area contributed by atoms with Crippen molar-refractivity contribution in [3.05, 3.63) is 95.8 Å². The van der Waals surface area contributed by atoms with Gasteiger partial charge in [0, 0.05) is 19.1 Å². The summed E-state index contributed by atoms with van der Waals surface area (Å²) in [6.45, 7) is 1.52. The van der Waals surface area contributed by atoms with Gasteiger partial charge in [-0.1, -0.05) is 54.6 Å². The van der Waals surface area contributed by atoms with Crippen LogP contribution in [-0.4, -0.2) is 41.4 Å². The zero-order chi connectivity index (χ0) is 23.5. The van der Waals surface area contributed by atoms with Crippen LogP contribution in [-0.2, 0) is 22.3 Å². The standard InChI is InChI=1S/C26H27FN4O2S/c27-22-12-10-20(11-13-22)18-31-25-9-5-4-8-24(25)29-26(31)28-23-14-16-30(17-15-23)34(32,33)19-21-6-2-1-3-7-21/h1-13,23H,14-19H2,(H,28,29). The number of hydrogen-bond acceptors (Lipinski definition) is 4. The Hall–Kier alpha value is -3.23. The maximum atomic E-state index is 13.4. The molecule has 6 nitrogen and oxygen atoms in total. The molecule has 1 aromatic heterocycles. The molecule has 1 fully saturated rings. The molecule has 5 rings (SSSR count). The molecule has 1 aliphatic heterocycles. The maximum Gasteiger partial charge on any atom is 0.218 e. The summed E-state index contributed by atoms with van der Waals surface area (Å²) in [5.41, 5.74) is 3.67. The van der Waals surface area contributed by atoms with E-state index in [1.807, 2.05) is 54.6 Å². The molecule has 0 unspecified atom stereocenters. The average molecular weight is 479 g/mol. The third-order valence-corrected chi connectivity index (χ3v) is 8.13. The predicted octanol–water partition coefficient (Wildman–Crippen LogP) is 4.63. The van der Waals surface area contributed by atoms with E-state index in [0.717, 1.165) is 28.1 Å². The Morgan fingerprint density at radius 2 is 1.56 bits per heavy atom. The molecule has 1 N–H and O–H groups in total. The van der Waals surface area contributed by atoms with Crippen molar-refractivity contribution < 1.29 is 12.8 Å². The lowest BCUT2D eigenvalue weighted by molar-refractivity contribution is 0.328. The molecule has 0 atom stereocenters. The number of para-hydroxylation sites is 2. The first-order valence-corrected chi connectivity index (χ1v) is 13.1. The summed E-state index contributed by atoms with van der Waals surface area (Å²) in [5.74, 6) is 0.516. The van der Waals surface area contributed by atoms with Crippen molar-refractivity contribution in [2.75, 3.05) is 18.4 Å². The topological polar surface area (TPSA) is 67.2 Å². The molecule has 3 aromatic carbocycles. The summed E-state index contributed by atoms with van der Waals surface area (Å²) in [6.07, 6.45) is 1.40. The van der Waals surface area contributed by atoms with E-state index < -0.39 is 10.0 Å². The number of rotatable bonds is 7. The monoisotopic (exact) mass is 478 g/mol. The largest absolute Gasteiger partial charge is 0.353 e. The van der Waals surface area contributed by atoms with Crippen molar-refractivity contribution >= 4 is 27.0 Å². The number of hydrogen-bond donors (Lipinski definition) is 1. The Morgan fingerprint density at radius 3 is 2.29 bits per heavy atom. The molecule has 0 saturated carbocycles. The summed E-state index contributed by atoms with van der Waals surface area (Å²) in [5, 5.41) is 3.55. The number of fused-ring (bicyclic) bond motifs is 1. The maximum absolute atomic E-state index is 13.4. The van der Waals surface area contributed by atoms with Gasteiger partial charge in [0.25, 0.3) is 0 Å². The van der Waals surface area contributed by atoms with Gasteiger partial charge in [-0.2, -0.15) is 0 Å². The minimum atomic E-state index is -3.35. The van der Waals surface area contributed by atoms with E-state index in [-0.39, 0.29) is 17.6 Å². The molecule has 0 radical (unpaired) electrons. The highest BCUT2D eigenvalue weighted by molar-refractivity contribution is 7.88. The Kier molecular flexibility index (Phi) is 6.34. The second-order valence-corrected chi connectivity index (χ2v) is 10.7. The van der Waals surface area contributed by atoms with E-state index in [0.29, 0.717) is 32.5 Å². The van der Waals surface area contributed by atoms with E-state index in [9.17, 15) is 12.8 Å². The molecule has 0 aliphatic carbocycles. The summed E-state index contributed by atoms with van der Waals surface area (Å²) in [6, 6.07) is 23.8. The first-order chi connectivity index (χ1) is 16.5. The SMILES string of the molecule is O=S(=O)(Cc1ccccc1)N1CCC(Nc2nc3ccccc3n2Cc2ccc(F)cc2)CC1. The van der Waals surface area contributed by atoms with Gasteiger partial charge in [0.05, 0.1) is 23.3 Å². The van der Waals surface area contributed by atoms with Crippen LogP contribution in [0.25, 0.3) is 11.0 Å². The van der Waals surface area contributed by atoms with E-state index in [4.69, 9.17) is 4.98 Å². The average Bonchev–Trinajstić information content (AvgIpc) is 3.18. The first-order valence-electron chi connectivity index (χ1n) is 11.5. The van der Waals surface area contributed by atoms with Crippen molar-refractivity contribution in [3.63, 3.8) is 0 Å². The van der Waals surface area contributed by atoms with Crippen molar-refractivity contribution in [2.24, 2.45) is 0 Å².